The lowest BCUT2D eigenvalue weighted by atomic mass is 10.0. The highest BCUT2D eigenvalue weighted by Gasteiger charge is 2.22. The van der Waals surface area contributed by atoms with E-state index < -0.39 is 17.8 Å². The van der Waals surface area contributed by atoms with Gasteiger partial charge in [0, 0.05) is 19.4 Å². The van der Waals surface area contributed by atoms with Gasteiger partial charge in [-0.15, -0.1) is 0 Å². The van der Waals surface area contributed by atoms with E-state index >= 15 is 0 Å². The summed E-state index contributed by atoms with van der Waals surface area (Å²) in [6, 6.07) is 12.7. The number of carbonyl (C=O) groups is 1. The van der Waals surface area contributed by atoms with E-state index in [0.717, 1.165) is 5.56 Å². The summed E-state index contributed by atoms with van der Waals surface area (Å²) in [5, 5.41) is 2.87. The van der Waals surface area contributed by atoms with Crippen molar-refractivity contribution >= 4 is 5.91 Å². The molecule has 6 heteroatoms. The van der Waals surface area contributed by atoms with E-state index in [2.05, 4.69) is 10.3 Å². The minimum atomic E-state index is -0.562. The molecule has 0 saturated heterocycles. The molecule has 1 heterocycles. The van der Waals surface area contributed by atoms with Crippen LogP contribution >= 0.6 is 0 Å². The van der Waals surface area contributed by atoms with Crippen LogP contribution < -0.4 is 10.1 Å². The fourth-order valence-corrected chi connectivity index (χ4v) is 2.60. The number of amides is 1. The van der Waals surface area contributed by atoms with E-state index in [1.54, 1.807) is 43.8 Å². The van der Waals surface area contributed by atoms with Crippen LogP contribution in [-0.2, 0) is 7.05 Å². The summed E-state index contributed by atoms with van der Waals surface area (Å²) in [4.78, 5) is 16.9. The predicted octanol–water partition coefficient (Wildman–Crippen LogP) is 3.09. The normalized spacial score (nSPS) is 11.8. The fourth-order valence-electron chi connectivity index (χ4n) is 2.60. The van der Waals surface area contributed by atoms with Crippen molar-refractivity contribution in [1.29, 1.82) is 0 Å². The van der Waals surface area contributed by atoms with Crippen LogP contribution in [-0.4, -0.2) is 22.6 Å². The number of methoxy groups -OCH3 is 1. The van der Waals surface area contributed by atoms with Crippen molar-refractivity contribution in [3.63, 3.8) is 0 Å². The van der Waals surface area contributed by atoms with Crippen LogP contribution in [0, 0.1) is 5.82 Å². The molecule has 0 aliphatic carbocycles. The van der Waals surface area contributed by atoms with Crippen molar-refractivity contribution in [3.05, 3.63) is 83.7 Å². The third-order valence-corrected chi connectivity index (χ3v) is 3.96. The average Bonchev–Trinajstić information content (AvgIpc) is 3.06. The first-order valence-corrected chi connectivity index (χ1v) is 7.76. The Bertz CT molecular complexity index is 874. The smallest absolute Gasteiger partial charge is 0.255 e. The maximum Gasteiger partial charge on any atom is 0.255 e. The number of rotatable bonds is 5. The highest BCUT2D eigenvalue weighted by Crippen LogP contribution is 2.23. The van der Waals surface area contributed by atoms with Gasteiger partial charge >= 0.3 is 0 Å². The van der Waals surface area contributed by atoms with Crippen LogP contribution in [0.5, 0.6) is 5.75 Å². The lowest BCUT2D eigenvalue weighted by molar-refractivity contribution is 0.0937. The zero-order chi connectivity index (χ0) is 17.8. The maximum atomic E-state index is 13.9. The van der Waals surface area contributed by atoms with Crippen molar-refractivity contribution < 1.29 is 13.9 Å². The van der Waals surface area contributed by atoms with Gasteiger partial charge in [0.2, 0.25) is 0 Å². The summed E-state index contributed by atoms with van der Waals surface area (Å²) in [6.07, 6.45) is 3.45. The Kier molecular flexibility index (Phi) is 4.79. The molecule has 2 aromatic carbocycles. The summed E-state index contributed by atoms with van der Waals surface area (Å²) in [5.74, 6) is 0.299. The van der Waals surface area contributed by atoms with Gasteiger partial charge in [0.25, 0.3) is 5.91 Å². The van der Waals surface area contributed by atoms with Gasteiger partial charge in [-0.2, -0.15) is 0 Å². The first kappa shape index (κ1) is 16.7. The molecule has 0 aliphatic heterocycles. The fraction of sp³-hybridized carbons (Fsp3) is 0.158. The van der Waals surface area contributed by atoms with E-state index in [1.807, 2.05) is 23.7 Å². The van der Waals surface area contributed by atoms with Crippen LogP contribution in [0.2, 0.25) is 0 Å². The Hall–Kier alpha value is -3.15. The van der Waals surface area contributed by atoms with Crippen molar-refractivity contribution in [3.8, 4) is 5.75 Å². The number of carbonyl (C=O) groups excluding carboxylic acids is 1. The van der Waals surface area contributed by atoms with Gasteiger partial charge in [0.05, 0.1) is 12.7 Å². The topological polar surface area (TPSA) is 56.1 Å². The molecule has 1 atom stereocenters. The van der Waals surface area contributed by atoms with Gasteiger partial charge in [-0.3, -0.25) is 4.79 Å². The van der Waals surface area contributed by atoms with Gasteiger partial charge in [-0.05, 0) is 29.8 Å². The van der Waals surface area contributed by atoms with Crippen molar-refractivity contribution in [2.24, 2.45) is 7.05 Å². The molecule has 5 nitrogen and oxygen atoms in total. The molecular weight excluding hydrogens is 321 g/mol. The standard InChI is InChI=1S/C19H18FN3O2/c1-23-12-11-21-18(23)17(13-7-9-14(25-2)10-8-13)22-19(24)15-5-3-4-6-16(15)20/h3-12,17H,1-2H3,(H,22,24). The molecule has 0 aliphatic rings. The first-order chi connectivity index (χ1) is 12.1. The molecule has 0 bridgehead atoms. The minimum Gasteiger partial charge on any atom is -0.497 e. The second kappa shape index (κ2) is 7.17. The van der Waals surface area contributed by atoms with Gasteiger partial charge in [-0.1, -0.05) is 24.3 Å². The lowest BCUT2D eigenvalue weighted by Gasteiger charge is -2.19. The highest BCUT2D eigenvalue weighted by molar-refractivity contribution is 5.94. The molecule has 1 N–H and O–H groups in total. The Morgan fingerprint density at radius 1 is 1.20 bits per heavy atom. The van der Waals surface area contributed by atoms with Crippen molar-refractivity contribution in [2.45, 2.75) is 6.04 Å². The van der Waals surface area contributed by atoms with E-state index in [1.165, 1.54) is 12.1 Å². The third kappa shape index (κ3) is 3.52. The van der Waals surface area contributed by atoms with Crippen LogP contribution in [0.3, 0.4) is 0 Å². The minimum absolute atomic E-state index is 0.00443. The molecular formula is C19H18FN3O2. The largest absolute Gasteiger partial charge is 0.497 e. The van der Waals surface area contributed by atoms with Crippen LogP contribution in [0.25, 0.3) is 0 Å². The zero-order valence-electron chi connectivity index (χ0n) is 13.9. The maximum absolute atomic E-state index is 13.9. The second-order valence-corrected chi connectivity index (χ2v) is 5.56. The Morgan fingerprint density at radius 3 is 2.52 bits per heavy atom. The second-order valence-electron chi connectivity index (χ2n) is 5.56. The number of aromatic nitrogens is 2. The Balaban J connectivity index is 1.95. The quantitative estimate of drug-likeness (QED) is 0.777. The number of hydrogen-bond acceptors (Lipinski definition) is 3. The van der Waals surface area contributed by atoms with Crippen LogP contribution in [0.15, 0.2) is 60.9 Å². The molecule has 1 aromatic heterocycles. The number of hydrogen-bond donors (Lipinski definition) is 1. The lowest BCUT2D eigenvalue weighted by Crippen LogP contribution is -2.31. The summed E-state index contributed by atoms with van der Waals surface area (Å²) < 4.78 is 20.9. The molecule has 25 heavy (non-hydrogen) atoms. The molecule has 1 amide bonds. The van der Waals surface area contributed by atoms with E-state index in [-0.39, 0.29) is 5.56 Å². The van der Waals surface area contributed by atoms with Crippen LogP contribution in [0.1, 0.15) is 27.8 Å². The molecule has 0 radical (unpaired) electrons. The van der Waals surface area contributed by atoms with E-state index in [4.69, 9.17) is 4.74 Å². The number of ether oxygens (including phenoxy) is 1. The summed E-state index contributed by atoms with van der Waals surface area (Å²) in [7, 11) is 3.43. The SMILES string of the molecule is COc1ccc(C(NC(=O)c2ccccc2F)c2nccn2C)cc1. The van der Waals surface area contributed by atoms with E-state index in [9.17, 15) is 9.18 Å². The molecule has 0 fully saturated rings. The number of nitrogens with zero attached hydrogens (tertiary/aromatic N) is 2. The number of imidazole rings is 1. The summed E-state index contributed by atoms with van der Waals surface area (Å²) in [5.41, 5.74) is 0.815. The van der Waals surface area contributed by atoms with Gasteiger partial charge in [0.15, 0.2) is 0 Å². The molecule has 128 valence electrons. The predicted molar refractivity (Wildman–Crippen MR) is 91.9 cm³/mol. The zero-order valence-corrected chi connectivity index (χ0v) is 13.9. The molecule has 3 rings (SSSR count). The van der Waals surface area contributed by atoms with Gasteiger partial charge < -0.3 is 14.6 Å². The molecule has 1 unspecified atom stereocenters. The molecule has 0 spiro atoms. The van der Waals surface area contributed by atoms with Crippen molar-refractivity contribution in [1.82, 2.24) is 14.9 Å². The summed E-state index contributed by atoms with van der Waals surface area (Å²) in [6.45, 7) is 0. The van der Waals surface area contributed by atoms with Crippen LogP contribution in [0.4, 0.5) is 4.39 Å². The Labute approximate surface area is 145 Å². The first-order valence-electron chi connectivity index (χ1n) is 7.76. The number of aryl methyl sites for hydroxylation is 1. The average molecular weight is 339 g/mol. The summed E-state index contributed by atoms with van der Waals surface area (Å²) >= 11 is 0. The van der Waals surface area contributed by atoms with E-state index in [0.29, 0.717) is 11.6 Å². The van der Waals surface area contributed by atoms with Gasteiger partial charge in [0.1, 0.15) is 23.4 Å². The number of halogens is 1. The number of nitrogens with one attached hydrogen (secondary N) is 1. The molecule has 3 aromatic rings. The number of benzene rings is 2. The monoisotopic (exact) mass is 339 g/mol. The third-order valence-electron chi connectivity index (χ3n) is 3.96. The Morgan fingerprint density at radius 2 is 1.92 bits per heavy atom. The van der Waals surface area contributed by atoms with Crippen molar-refractivity contribution in [2.75, 3.05) is 7.11 Å². The van der Waals surface area contributed by atoms with Gasteiger partial charge in [-0.25, -0.2) is 9.37 Å². The highest BCUT2D eigenvalue weighted by atomic mass is 19.1. The molecule has 0 saturated carbocycles.